The summed E-state index contributed by atoms with van der Waals surface area (Å²) in [6.45, 7) is 0.310. The van der Waals surface area contributed by atoms with Crippen LogP contribution >= 0.6 is 0 Å². The maximum atomic E-state index is 12.9. The van der Waals surface area contributed by atoms with Crippen LogP contribution in [0.15, 0.2) is 54.9 Å². The third-order valence-electron chi connectivity index (χ3n) is 5.21. The molecule has 0 aliphatic carbocycles. The van der Waals surface area contributed by atoms with Crippen molar-refractivity contribution in [2.45, 2.75) is 38.0 Å². The molecule has 1 aromatic carbocycles. The summed E-state index contributed by atoms with van der Waals surface area (Å²) in [6, 6.07) is 11.8. The van der Waals surface area contributed by atoms with Crippen molar-refractivity contribution in [2.75, 3.05) is 13.7 Å². The molecule has 158 valence electrons. The lowest BCUT2D eigenvalue weighted by atomic mass is 9.85. The number of carbonyl (C=O) groups is 3. The van der Waals surface area contributed by atoms with Crippen molar-refractivity contribution in [3.8, 4) is 0 Å². The molecule has 8 nitrogen and oxygen atoms in total. The standard InChI is InChI=1S/C22H24N2O6/c1-29-21(27)19(16-8-3-2-4-9-16)18-11-5-6-13-24(18)22(28)30-15-23-12-7-10-17(14-23)20(25)26/h2-4,7-10,12,14,18-19H,5-6,11,13,15H2,1H3/t18-,19-/m1/s1. The number of rotatable bonds is 6. The SMILES string of the molecule is COC(=O)[C@H](c1ccccc1)[C@H]1CCCCN1C(=O)OC[n+]1cccc(C(=O)[O-])c1. The maximum absolute atomic E-state index is 12.9. The third-order valence-corrected chi connectivity index (χ3v) is 5.21. The third kappa shape index (κ3) is 4.94. The fraction of sp³-hybridized carbons (Fsp3) is 0.364. The minimum Gasteiger partial charge on any atom is -0.545 e. The van der Waals surface area contributed by atoms with Gasteiger partial charge >= 0.3 is 12.1 Å². The molecule has 2 aromatic rings. The number of carboxylic acid groups (broad SMARTS) is 1. The van der Waals surface area contributed by atoms with Gasteiger partial charge in [0.25, 0.3) is 6.73 Å². The zero-order chi connectivity index (χ0) is 21.5. The molecule has 1 fully saturated rings. The van der Waals surface area contributed by atoms with E-state index in [1.807, 2.05) is 30.3 Å². The number of carboxylic acids is 1. The molecule has 1 amide bonds. The maximum Gasteiger partial charge on any atom is 0.414 e. The number of hydrogen-bond acceptors (Lipinski definition) is 6. The molecule has 2 atom stereocenters. The molecule has 0 radical (unpaired) electrons. The molecule has 1 saturated heterocycles. The fourth-order valence-electron chi connectivity index (χ4n) is 3.77. The molecule has 30 heavy (non-hydrogen) atoms. The van der Waals surface area contributed by atoms with E-state index in [1.54, 1.807) is 11.1 Å². The van der Waals surface area contributed by atoms with Crippen LogP contribution in [-0.4, -0.2) is 42.6 Å². The van der Waals surface area contributed by atoms with Gasteiger partial charge in [0.05, 0.1) is 24.7 Å². The number of aromatic carboxylic acids is 1. The zero-order valence-electron chi connectivity index (χ0n) is 16.7. The highest BCUT2D eigenvalue weighted by molar-refractivity contribution is 5.84. The van der Waals surface area contributed by atoms with E-state index in [0.29, 0.717) is 13.0 Å². The smallest absolute Gasteiger partial charge is 0.414 e. The molecular weight excluding hydrogens is 388 g/mol. The van der Waals surface area contributed by atoms with E-state index in [2.05, 4.69) is 0 Å². The van der Waals surface area contributed by atoms with Crippen LogP contribution in [0.5, 0.6) is 0 Å². The van der Waals surface area contributed by atoms with Crippen molar-refractivity contribution in [3.63, 3.8) is 0 Å². The molecule has 1 aromatic heterocycles. The topological polar surface area (TPSA) is 99.9 Å². The number of pyridine rings is 1. The molecule has 1 aliphatic heterocycles. The van der Waals surface area contributed by atoms with Gasteiger partial charge in [0.1, 0.15) is 5.92 Å². The highest BCUT2D eigenvalue weighted by Crippen LogP contribution is 2.32. The molecular formula is C22H24N2O6. The van der Waals surface area contributed by atoms with E-state index in [1.165, 1.54) is 30.0 Å². The first-order valence-electron chi connectivity index (χ1n) is 9.78. The van der Waals surface area contributed by atoms with Gasteiger partial charge in [-0.1, -0.05) is 30.3 Å². The van der Waals surface area contributed by atoms with E-state index < -0.39 is 23.9 Å². The number of amides is 1. The largest absolute Gasteiger partial charge is 0.545 e. The van der Waals surface area contributed by atoms with Crippen LogP contribution < -0.4 is 9.67 Å². The summed E-state index contributed by atoms with van der Waals surface area (Å²) in [4.78, 5) is 38.0. The highest BCUT2D eigenvalue weighted by atomic mass is 16.6. The van der Waals surface area contributed by atoms with E-state index in [4.69, 9.17) is 9.47 Å². The Balaban J connectivity index is 1.77. The number of benzene rings is 1. The molecule has 3 rings (SSSR count). The number of aromatic nitrogens is 1. The first-order chi connectivity index (χ1) is 14.5. The molecule has 0 spiro atoms. The molecule has 0 bridgehead atoms. The normalized spacial score (nSPS) is 17.1. The second-order valence-corrected chi connectivity index (χ2v) is 7.10. The predicted molar refractivity (Wildman–Crippen MR) is 103 cm³/mol. The van der Waals surface area contributed by atoms with Crippen LogP contribution in [0.3, 0.4) is 0 Å². The lowest BCUT2D eigenvalue weighted by Crippen LogP contribution is -2.50. The lowest BCUT2D eigenvalue weighted by Gasteiger charge is -2.38. The van der Waals surface area contributed by atoms with Crippen LogP contribution in [0, 0.1) is 0 Å². The van der Waals surface area contributed by atoms with Crippen molar-refractivity contribution < 1.29 is 33.5 Å². The quantitative estimate of drug-likeness (QED) is 0.523. The van der Waals surface area contributed by atoms with Crippen molar-refractivity contribution in [2.24, 2.45) is 0 Å². The minimum absolute atomic E-state index is 0.0146. The van der Waals surface area contributed by atoms with Gasteiger partial charge in [-0.2, -0.15) is 4.57 Å². The number of nitrogens with zero attached hydrogens (tertiary/aromatic N) is 2. The number of likely N-dealkylation sites (tertiary alicyclic amines) is 1. The summed E-state index contributed by atoms with van der Waals surface area (Å²) in [5.41, 5.74) is 0.768. The fourth-order valence-corrected chi connectivity index (χ4v) is 3.77. The van der Waals surface area contributed by atoms with Crippen LogP contribution in [0.4, 0.5) is 4.79 Å². The second kappa shape index (κ2) is 9.87. The van der Waals surface area contributed by atoms with E-state index in [9.17, 15) is 19.5 Å². The Morgan fingerprint density at radius 1 is 1.17 bits per heavy atom. The molecule has 0 N–H and O–H groups in total. The summed E-state index contributed by atoms with van der Waals surface area (Å²) in [7, 11) is 1.34. The Morgan fingerprint density at radius 3 is 2.63 bits per heavy atom. The molecule has 2 heterocycles. The molecule has 8 heteroatoms. The number of hydrogen-bond donors (Lipinski definition) is 0. The first-order valence-corrected chi connectivity index (χ1v) is 9.78. The van der Waals surface area contributed by atoms with Gasteiger partial charge < -0.3 is 24.3 Å². The van der Waals surface area contributed by atoms with Gasteiger partial charge in [-0.05, 0) is 30.9 Å². The Hall–Kier alpha value is -3.42. The lowest BCUT2D eigenvalue weighted by molar-refractivity contribution is -0.727. The van der Waals surface area contributed by atoms with E-state index in [-0.39, 0.29) is 18.3 Å². The number of piperidine rings is 1. The van der Waals surface area contributed by atoms with E-state index >= 15 is 0 Å². The number of esters is 1. The van der Waals surface area contributed by atoms with Crippen LogP contribution in [0.2, 0.25) is 0 Å². The van der Waals surface area contributed by atoms with Crippen molar-refractivity contribution in [1.82, 2.24) is 4.90 Å². The summed E-state index contributed by atoms with van der Waals surface area (Å²) >= 11 is 0. The monoisotopic (exact) mass is 412 g/mol. The number of carbonyl (C=O) groups excluding carboxylic acids is 3. The number of methoxy groups -OCH3 is 1. The summed E-state index contributed by atoms with van der Waals surface area (Å²) in [5, 5.41) is 11.0. The van der Waals surface area contributed by atoms with Crippen LogP contribution in [0.25, 0.3) is 0 Å². The summed E-state index contributed by atoms with van der Waals surface area (Å²) in [6.07, 6.45) is 4.71. The second-order valence-electron chi connectivity index (χ2n) is 7.10. The van der Waals surface area contributed by atoms with Gasteiger partial charge in [0.15, 0.2) is 12.4 Å². The predicted octanol–water partition coefficient (Wildman–Crippen LogP) is 1.24. The molecule has 0 saturated carbocycles. The van der Waals surface area contributed by atoms with Crippen molar-refractivity contribution in [1.29, 1.82) is 0 Å². The summed E-state index contributed by atoms with van der Waals surface area (Å²) < 4.78 is 11.9. The first kappa shape index (κ1) is 21.3. The van der Waals surface area contributed by atoms with Gasteiger partial charge in [-0.25, -0.2) is 4.79 Å². The number of ether oxygens (including phenoxy) is 2. The van der Waals surface area contributed by atoms with Gasteiger partial charge in [-0.15, -0.1) is 0 Å². The van der Waals surface area contributed by atoms with Crippen LogP contribution in [0.1, 0.15) is 41.1 Å². The van der Waals surface area contributed by atoms with Gasteiger partial charge in [-0.3, -0.25) is 4.79 Å². The molecule has 0 unspecified atom stereocenters. The Bertz CT molecular complexity index is 902. The highest BCUT2D eigenvalue weighted by Gasteiger charge is 2.39. The van der Waals surface area contributed by atoms with Gasteiger partial charge in [0, 0.05) is 12.6 Å². The van der Waals surface area contributed by atoms with Gasteiger partial charge in [0.2, 0.25) is 0 Å². The zero-order valence-corrected chi connectivity index (χ0v) is 16.7. The Kier molecular flexibility index (Phi) is 7.00. The Morgan fingerprint density at radius 2 is 1.93 bits per heavy atom. The summed E-state index contributed by atoms with van der Waals surface area (Å²) in [5.74, 6) is -2.32. The van der Waals surface area contributed by atoms with E-state index in [0.717, 1.165) is 18.4 Å². The Labute approximate surface area is 174 Å². The minimum atomic E-state index is -1.31. The van der Waals surface area contributed by atoms with Crippen molar-refractivity contribution >= 4 is 18.0 Å². The van der Waals surface area contributed by atoms with Crippen molar-refractivity contribution in [3.05, 3.63) is 66.0 Å². The average molecular weight is 412 g/mol. The van der Waals surface area contributed by atoms with Crippen LogP contribution in [-0.2, 0) is 21.0 Å². The average Bonchev–Trinajstić information content (AvgIpc) is 2.78. The molecule has 1 aliphatic rings.